The Kier molecular flexibility index (Phi) is 4.16. The average Bonchev–Trinajstić information content (AvgIpc) is 2.34. The molecule has 1 aromatic rings. The first kappa shape index (κ1) is 13.3. The number of amides is 1. The zero-order valence-corrected chi connectivity index (χ0v) is 10.3. The highest BCUT2D eigenvalue weighted by Crippen LogP contribution is 2.20. The first-order chi connectivity index (χ1) is 8.58. The van der Waals surface area contributed by atoms with Crippen LogP contribution in [0, 0.1) is 12.2 Å². The van der Waals surface area contributed by atoms with Gasteiger partial charge < -0.3 is 15.8 Å². The number of benzene rings is 1. The summed E-state index contributed by atoms with van der Waals surface area (Å²) in [6, 6.07) is 3.80. The molecule has 1 saturated heterocycles. The Morgan fingerprint density at radius 3 is 3.06 bits per heavy atom. The van der Waals surface area contributed by atoms with Gasteiger partial charge >= 0.3 is 0 Å². The molecule has 0 saturated carbocycles. The number of carbonyl (C=O) groups excluding carboxylic acids is 1. The summed E-state index contributed by atoms with van der Waals surface area (Å²) < 4.78 is 18.7. The third-order valence-corrected chi connectivity index (χ3v) is 3.02. The van der Waals surface area contributed by atoms with Crippen LogP contribution in [0.2, 0.25) is 5.02 Å². The molecule has 0 unspecified atom stereocenters. The largest absolute Gasteiger partial charge is 0.374 e. The molecular weight excluding hydrogens is 259 g/mol. The van der Waals surface area contributed by atoms with Gasteiger partial charge in [-0.25, -0.2) is 4.39 Å². The predicted molar refractivity (Wildman–Crippen MR) is 65.5 cm³/mol. The van der Waals surface area contributed by atoms with Gasteiger partial charge in [0.2, 0.25) is 5.91 Å². The fraction of sp³-hybridized carbons (Fsp3) is 0.333. The molecule has 1 fully saturated rings. The Morgan fingerprint density at radius 2 is 2.39 bits per heavy atom. The summed E-state index contributed by atoms with van der Waals surface area (Å²) in [5, 5.41) is 3.02. The number of morpholine rings is 1. The SMILES string of the molecule is NC(=O)[C@@H]1NCCO[C@@H]1[CH]c1ccc(Cl)c(F)c1. The number of carbonyl (C=O) groups is 1. The Labute approximate surface area is 109 Å². The maximum absolute atomic E-state index is 13.3. The lowest BCUT2D eigenvalue weighted by Crippen LogP contribution is -2.55. The monoisotopic (exact) mass is 271 g/mol. The fourth-order valence-corrected chi connectivity index (χ4v) is 1.95. The second-order valence-electron chi connectivity index (χ2n) is 4.01. The molecule has 97 valence electrons. The van der Waals surface area contributed by atoms with Gasteiger partial charge in [0.15, 0.2) is 0 Å². The summed E-state index contributed by atoms with van der Waals surface area (Å²) in [6.07, 6.45) is 1.15. The molecule has 2 atom stereocenters. The van der Waals surface area contributed by atoms with E-state index in [-0.39, 0.29) is 5.02 Å². The summed E-state index contributed by atoms with van der Waals surface area (Å²) in [5.41, 5.74) is 5.86. The highest BCUT2D eigenvalue weighted by Gasteiger charge is 2.30. The smallest absolute Gasteiger partial charge is 0.237 e. The molecule has 0 aromatic heterocycles. The Morgan fingerprint density at radius 1 is 1.61 bits per heavy atom. The highest BCUT2D eigenvalue weighted by atomic mass is 35.5. The Hall–Kier alpha value is -1.17. The average molecular weight is 272 g/mol. The standard InChI is InChI=1S/C12H13ClFN2O2/c13-8-2-1-7(5-9(8)14)6-10-11(12(15)17)16-3-4-18-10/h1-2,5-6,10-11,16H,3-4H2,(H2,15,17)/t10-,11-/m1/s1. The summed E-state index contributed by atoms with van der Waals surface area (Å²) in [4.78, 5) is 11.2. The van der Waals surface area contributed by atoms with Gasteiger partial charge in [0.05, 0.1) is 17.7 Å². The van der Waals surface area contributed by atoms with Crippen molar-refractivity contribution in [3.05, 3.63) is 41.0 Å². The molecule has 1 heterocycles. The first-order valence-electron chi connectivity index (χ1n) is 5.52. The van der Waals surface area contributed by atoms with Gasteiger partial charge in [0.1, 0.15) is 11.9 Å². The second-order valence-corrected chi connectivity index (χ2v) is 4.42. The number of ether oxygens (including phenoxy) is 1. The number of nitrogens with two attached hydrogens (primary N) is 1. The van der Waals surface area contributed by atoms with Crippen LogP contribution in [0.1, 0.15) is 5.56 Å². The molecule has 1 aliphatic rings. The fourth-order valence-electron chi connectivity index (χ4n) is 1.83. The third kappa shape index (κ3) is 2.98. The quantitative estimate of drug-likeness (QED) is 0.858. The highest BCUT2D eigenvalue weighted by molar-refractivity contribution is 6.30. The number of primary amides is 1. The van der Waals surface area contributed by atoms with Crippen LogP contribution in [0.25, 0.3) is 0 Å². The van der Waals surface area contributed by atoms with E-state index in [0.717, 1.165) is 0 Å². The van der Waals surface area contributed by atoms with E-state index in [1.54, 1.807) is 12.5 Å². The molecule has 18 heavy (non-hydrogen) atoms. The molecule has 1 amide bonds. The Bertz CT molecular complexity index is 456. The molecular formula is C12H13ClFN2O2. The van der Waals surface area contributed by atoms with E-state index in [4.69, 9.17) is 22.1 Å². The van der Waals surface area contributed by atoms with Crippen LogP contribution in [0.15, 0.2) is 18.2 Å². The van der Waals surface area contributed by atoms with E-state index < -0.39 is 23.9 Å². The predicted octanol–water partition coefficient (Wildman–Crippen LogP) is 0.874. The molecule has 1 aromatic carbocycles. The van der Waals surface area contributed by atoms with Crippen molar-refractivity contribution in [1.29, 1.82) is 0 Å². The van der Waals surface area contributed by atoms with E-state index in [9.17, 15) is 9.18 Å². The van der Waals surface area contributed by atoms with Crippen LogP contribution in [0.3, 0.4) is 0 Å². The van der Waals surface area contributed by atoms with Crippen molar-refractivity contribution in [1.82, 2.24) is 5.32 Å². The lowest BCUT2D eigenvalue weighted by Gasteiger charge is -2.30. The summed E-state index contributed by atoms with van der Waals surface area (Å²) >= 11 is 5.60. The van der Waals surface area contributed by atoms with Crippen molar-refractivity contribution in [2.24, 2.45) is 5.73 Å². The number of nitrogens with one attached hydrogen (secondary N) is 1. The lowest BCUT2D eigenvalue weighted by molar-refractivity contribution is -0.125. The van der Waals surface area contributed by atoms with Gasteiger partial charge in [-0.15, -0.1) is 0 Å². The van der Waals surface area contributed by atoms with Crippen LogP contribution in [-0.2, 0) is 9.53 Å². The maximum atomic E-state index is 13.3. The molecule has 0 aliphatic carbocycles. The molecule has 6 heteroatoms. The van der Waals surface area contributed by atoms with E-state index >= 15 is 0 Å². The van der Waals surface area contributed by atoms with Gasteiger partial charge in [0, 0.05) is 13.0 Å². The van der Waals surface area contributed by atoms with E-state index in [2.05, 4.69) is 5.32 Å². The molecule has 3 N–H and O–H groups in total. The molecule has 2 rings (SSSR count). The number of hydrogen-bond acceptors (Lipinski definition) is 3. The minimum absolute atomic E-state index is 0.0567. The van der Waals surface area contributed by atoms with E-state index in [1.807, 2.05) is 0 Å². The zero-order valence-electron chi connectivity index (χ0n) is 9.53. The second kappa shape index (κ2) is 5.65. The van der Waals surface area contributed by atoms with Gasteiger partial charge in [0.25, 0.3) is 0 Å². The summed E-state index contributed by atoms with van der Waals surface area (Å²) in [5.74, 6) is -1.00. The lowest BCUT2D eigenvalue weighted by atomic mass is 10.00. The third-order valence-electron chi connectivity index (χ3n) is 2.71. The minimum atomic E-state index is -0.600. The molecule has 0 bridgehead atoms. The molecule has 1 radical (unpaired) electrons. The van der Waals surface area contributed by atoms with Gasteiger partial charge in [-0.2, -0.15) is 0 Å². The number of halogens is 2. The maximum Gasteiger partial charge on any atom is 0.237 e. The van der Waals surface area contributed by atoms with Crippen molar-refractivity contribution < 1.29 is 13.9 Å². The van der Waals surface area contributed by atoms with Crippen LogP contribution >= 0.6 is 11.6 Å². The Balaban J connectivity index is 2.10. The summed E-state index contributed by atoms with van der Waals surface area (Å²) in [7, 11) is 0. The van der Waals surface area contributed by atoms with Crippen LogP contribution in [0.5, 0.6) is 0 Å². The number of hydrogen-bond donors (Lipinski definition) is 2. The van der Waals surface area contributed by atoms with Crippen molar-refractivity contribution in [3.8, 4) is 0 Å². The number of rotatable bonds is 3. The van der Waals surface area contributed by atoms with Crippen molar-refractivity contribution >= 4 is 17.5 Å². The van der Waals surface area contributed by atoms with Gasteiger partial charge in [-0.05, 0) is 17.7 Å². The van der Waals surface area contributed by atoms with Crippen molar-refractivity contribution in [3.63, 3.8) is 0 Å². The summed E-state index contributed by atoms with van der Waals surface area (Å²) in [6.45, 7) is 1.04. The van der Waals surface area contributed by atoms with Gasteiger partial charge in [-0.3, -0.25) is 4.79 Å². The molecule has 4 nitrogen and oxygen atoms in total. The van der Waals surface area contributed by atoms with Crippen molar-refractivity contribution in [2.45, 2.75) is 12.1 Å². The van der Waals surface area contributed by atoms with Crippen LogP contribution in [0.4, 0.5) is 4.39 Å². The van der Waals surface area contributed by atoms with Crippen LogP contribution in [-0.4, -0.2) is 31.2 Å². The zero-order chi connectivity index (χ0) is 13.1. The first-order valence-corrected chi connectivity index (χ1v) is 5.90. The molecule has 0 spiro atoms. The van der Waals surface area contributed by atoms with Crippen LogP contribution < -0.4 is 11.1 Å². The molecule has 1 aliphatic heterocycles. The van der Waals surface area contributed by atoms with E-state index in [1.165, 1.54) is 12.1 Å². The topological polar surface area (TPSA) is 64.4 Å². The minimum Gasteiger partial charge on any atom is -0.374 e. The van der Waals surface area contributed by atoms with Gasteiger partial charge in [-0.1, -0.05) is 17.7 Å². The van der Waals surface area contributed by atoms with Crippen molar-refractivity contribution in [2.75, 3.05) is 13.2 Å². The van der Waals surface area contributed by atoms with E-state index in [0.29, 0.717) is 18.7 Å². The normalized spacial score (nSPS) is 23.9.